The number of aromatic nitrogens is 1. The van der Waals surface area contributed by atoms with Gasteiger partial charge in [-0.3, -0.25) is 4.98 Å². The SMILES string of the molecule is O=C=Nc1ccc(-c2cccc(Br)c2)nc1. The summed E-state index contributed by atoms with van der Waals surface area (Å²) < 4.78 is 1.00. The number of aliphatic imine (C=N–C) groups is 1. The summed E-state index contributed by atoms with van der Waals surface area (Å²) >= 11 is 3.40. The average molecular weight is 275 g/mol. The Kier molecular flexibility index (Phi) is 3.25. The molecule has 0 fully saturated rings. The van der Waals surface area contributed by atoms with Crippen molar-refractivity contribution in [2.75, 3.05) is 0 Å². The van der Waals surface area contributed by atoms with E-state index in [0.717, 1.165) is 15.7 Å². The number of nitrogens with zero attached hydrogens (tertiary/aromatic N) is 2. The molecule has 1 heterocycles. The molecule has 0 aliphatic carbocycles. The van der Waals surface area contributed by atoms with Gasteiger partial charge in [-0.25, -0.2) is 4.79 Å². The Morgan fingerprint density at radius 3 is 2.75 bits per heavy atom. The van der Waals surface area contributed by atoms with E-state index in [1.54, 1.807) is 12.3 Å². The van der Waals surface area contributed by atoms with E-state index in [0.29, 0.717) is 5.69 Å². The van der Waals surface area contributed by atoms with Crippen LogP contribution < -0.4 is 0 Å². The fraction of sp³-hybridized carbons (Fsp3) is 0. The van der Waals surface area contributed by atoms with Gasteiger partial charge in [0.15, 0.2) is 0 Å². The van der Waals surface area contributed by atoms with E-state index in [2.05, 4.69) is 25.9 Å². The second-order valence-corrected chi connectivity index (χ2v) is 4.03. The topological polar surface area (TPSA) is 42.3 Å². The molecule has 2 aromatic rings. The molecule has 78 valence electrons. The Balaban J connectivity index is 2.38. The summed E-state index contributed by atoms with van der Waals surface area (Å²) in [5.41, 5.74) is 2.36. The van der Waals surface area contributed by atoms with Crippen LogP contribution in [0.1, 0.15) is 0 Å². The van der Waals surface area contributed by atoms with E-state index < -0.39 is 0 Å². The van der Waals surface area contributed by atoms with Crippen molar-refractivity contribution in [2.24, 2.45) is 4.99 Å². The summed E-state index contributed by atoms with van der Waals surface area (Å²) in [5.74, 6) is 0. The molecule has 0 aliphatic heterocycles. The predicted octanol–water partition coefficient (Wildman–Crippen LogP) is 3.48. The fourth-order valence-electron chi connectivity index (χ4n) is 1.32. The smallest absolute Gasteiger partial charge is 0.240 e. The average Bonchev–Trinajstić information content (AvgIpc) is 2.30. The van der Waals surface area contributed by atoms with Gasteiger partial charge in [0.2, 0.25) is 6.08 Å². The maximum atomic E-state index is 10.0. The first-order chi connectivity index (χ1) is 7.79. The van der Waals surface area contributed by atoms with Gasteiger partial charge in [0, 0.05) is 10.0 Å². The number of pyridine rings is 1. The van der Waals surface area contributed by atoms with Crippen LogP contribution in [0.2, 0.25) is 0 Å². The highest BCUT2D eigenvalue weighted by molar-refractivity contribution is 9.10. The highest BCUT2D eigenvalue weighted by Gasteiger charge is 1.99. The molecule has 0 saturated heterocycles. The molecule has 16 heavy (non-hydrogen) atoms. The van der Waals surface area contributed by atoms with E-state index >= 15 is 0 Å². The van der Waals surface area contributed by atoms with Gasteiger partial charge in [-0.05, 0) is 24.3 Å². The van der Waals surface area contributed by atoms with Crippen LogP contribution in [-0.2, 0) is 4.79 Å². The van der Waals surface area contributed by atoms with E-state index in [1.807, 2.05) is 30.3 Å². The predicted molar refractivity (Wildman–Crippen MR) is 65.2 cm³/mol. The van der Waals surface area contributed by atoms with Crippen LogP contribution in [0.4, 0.5) is 5.69 Å². The van der Waals surface area contributed by atoms with Crippen molar-refractivity contribution in [3.8, 4) is 11.3 Å². The molecule has 0 aliphatic rings. The Labute approximate surface area is 101 Å². The maximum absolute atomic E-state index is 10.0. The van der Waals surface area contributed by atoms with Crippen LogP contribution in [0.15, 0.2) is 52.1 Å². The Bertz CT molecular complexity index is 545. The maximum Gasteiger partial charge on any atom is 0.240 e. The number of benzene rings is 1. The number of carbonyl (C=O) groups excluding carboxylic acids is 1. The normalized spacial score (nSPS) is 9.56. The lowest BCUT2D eigenvalue weighted by Crippen LogP contribution is -1.81. The van der Waals surface area contributed by atoms with Crippen molar-refractivity contribution >= 4 is 27.7 Å². The number of halogens is 1. The zero-order valence-corrected chi connectivity index (χ0v) is 9.81. The molecule has 4 heteroatoms. The Hall–Kier alpha value is -1.77. The van der Waals surface area contributed by atoms with Crippen molar-refractivity contribution < 1.29 is 4.79 Å². The lowest BCUT2D eigenvalue weighted by molar-refractivity contribution is 0.565. The van der Waals surface area contributed by atoms with Crippen LogP contribution >= 0.6 is 15.9 Å². The van der Waals surface area contributed by atoms with Crippen LogP contribution in [0, 0.1) is 0 Å². The molecule has 0 N–H and O–H groups in total. The van der Waals surface area contributed by atoms with Gasteiger partial charge in [-0.2, -0.15) is 4.99 Å². The Morgan fingerprint density at radius 1 is 1.25 bits per heavy atom. The van der Waals surface area contributed by atoms with Crippen molar-refractivity contribution in [3.05, 3.63) is 47.1 Å². The summed E-state index contributed by atoms with van der Waals surface area (Å²) in [6, 6.07) is 11.4. The number of hydrogen-bond acceptors (Lipinski definition) is 3. The standard InChI is InChI=1S/C12H7BrN2O/c13-10-3-1-2-9(6-10)12-5-4-11(7-14-12)15-8-16/h1-7H. The first-order valence-corrected chi connectivity index (χ1v) is 5.39. The minimum absolute atomic E-state index is 0.508. The molecule has 0 unspecified atom stereocenters. The molecule has 0 atom stereocenters. The van der Waals surface area contributed by atoms with E-state index in [4.69, 9.17) is 0 Å². The van der Waals surface area contributed by atoms with Gasteiger partial charge < -0.3 is 0 Å². The summed E-state index contributed by atoms with van der Waals surface area (Å²) in [6.07, 6.45) is 3.02. The third kappa shape index (κ3) is 2.42. The molecule has 3 nitrogen and oxygen atoms in total. The number of isocyanates is 1. The third-order valence-electron chi connectivity index (χ3n) is 2.04. The Morgan fingerprint density at radius 2 is 2.12 bits per heavy atom. The molecule has 1 aromatic carbocycles. The molecule has 0 bridgehead atoms. The third-order valence-corrected chi connectivity index (χ3v) is 2.54. The zero-order chi connectivity index (χ0) is 11.4. The monoisotopic (exact) mass is 274 g/mol. The van der Waals surface area contributed by atoms with Gasteiger partial charge in [0.25, 0.3) is 0 Å². The first kappa shape index (κ1) is 10.7. The van der Waals surface area contributed by atoms with Crippen molar-refractivity contribution in [1.29, 1.82) is 0 Å². The van der Waals surface area contributed by atoms with E-state index in [-0.39, 0.29) is 0 Å². The van der Waals surface area contributed by atoms with Gasteiger partial charge >= 0.3 is 0 Å². The second kappa shape index (κ2) is 4.84. The lowest BCUT2D eigenvalue weighted by Gasteiger charge is -2.00. The second-order valence-electron chi connectivity index (χ2n) is 3.12. The van der Waals surface area contributed by atoms with Crippen LogP contribution in [0.5, 0.6) is 0 Å². The molecular formula is C12H7BrN2O. The molecule has 0 radical (unpaired) electrons. The minimum atomic E-state index is 0.508. The summed E-state index contributed by atoms with van der Waals surface area (Å²) in [5, 5.41) is 0. The molecule has 1 aromatic heterocycles. The van der Waals surface area contributed by atoms with Crippen LogP contribution in [0.3, 0.4) is 0 Å². The first-order valence-electron chi connectivity index (χ1n) is 4.59. The van der Waals surface area contributed by atoms with Crippen LogP contribution in [0.25, 0.3) is 11.3 Å². The quantitative estimate of drug-likeness (QED) is 0.622. The summed E-state index contributed by atoms with van der Waals surface area (Å²) in [4.78, 5) is 17.7. The van der Waals surface area contributed by atoms with Crippen molar-refractivity contribution in [3.63, 3.8) is 0 Å². The van der Waals surface area contributed by atoms with Gasteiger partial charge in [0.1, 0.15) is 0 Å². The van der Waals surface area contributed by atoms with Crippen LogP contribution in [-0.4, -0.2) is 11.1 Å². The van der Waals surface area contributed by atoms with Crippen molar-refractivity contribution in [1.82, 2.24) is 4.98 Å². The molecular weight excluding hydrogens is 268 g/mol. The van der Waals surface area contributed by atoms with E-state index in [9.17, 15) is 4.79 Å². The lowest BCUT2D eigenvalue weighted by atomic mass is 10.1. The molecule has 0 spiro atoms. The fourth-order valence-corrected chi connectivity index (χ4v) is 1.72. The number of hydrogen-bond donors (Lipinski definition) is 0. The largest absolute Gasteiger partial charge is 0.254 e. The van der Waals surface area contributed by atoms with Gasteiger partial charge in [0.05, 0.1) is 17.6 Å². The highest BCUT2D eigenvalue weighted by atomic mass is 79.9. The minimum Gasteiger partial charge on any atom is -0.254 e. The molecule has 2 rings (SSSR count). The summed E-state index contributed by atoms with van der Waals surface area (Å²) in [7, 11) is 0. The summed E-state index contributed by atoms with van der Waals surface area (Å²) in [6.45, 7) is 0. The van der Waals surface area contributed by atoms with E-state index in [1.165, 1.54) is 6.08 Å². The zero-order valence-electron chi connectivity index (χ0n) is 8.22. The van der Waals surface area contributed by atoms with Gasteiger partial charge in [-0.1, -0.05) is 28.1 Å². The van der Waals surface area contributed by atoms with Crippen molar-refractivity contribution in [2.45, 2.75) is 0 Å². The number of rotatable bonds is 2. The molecule has 0 amide bonds. The highest BCUT2D eigenvalue weighted by Crippen LogP contribution is 2.22. The molecule has 0 saturated carbocycles. The van der Waals surface area contributed by atoms with Gasteiger partial charge in [-0.15, -0.1) is 0 Å².